The Morgan fingerprint density at radius 2 is 2.19 bits per heavy atom. The summed E-state index contributed by atoms with van der Waals surface area (Å²) < 4.78 is 6.91. The van der Waals surface area contributed by atoms with Crippen LogP contribution in [0.25, 0.3) is 0 Å². The molecule has 0 radical (unpaired) electrons. The van der Waals surface area contributed by atoms with E-state index in [1.165, 1.54) is 0 Å². The molecule has 2 rings (SSSR count). The lowest BCUT2D eigenvalue weighted by Gasteiger charge is -2.39. The van der Waals surface area contributed by atoms with Crippen LogP contribution in [0, 0.1) is 0 Å². The molecule has 4 nitrogen and oxygen atoms in total. The number of allylic oxidation sites excluding steroid dienone is 1. The second kappa shape index (κ2) is 7.61. The summed E-state index contributed by atoms with van der Waals surface area (Å²) in [5.41, 5.74) is 1.09. The van der Waals surface area contributed by atoms with E-state index in [1.807, 2.05) is 55.2 Å². The van der Waals surface area contributed by atoms with Crippen molar-refractivity contribution in [1.82, 2.24) is 10.2 Å². The smallest absolute Gasteiger partial charge is 0.318 e. The molecular weight excluding hydrogens is 332 g/mol. The molecule has 1 heterocycles. The third kappa shape index (κ3) is 4.08. The third-order valence-corrected chi connectivity index (χ3v) is 4.15. The number of carbonyl (C=O) groups is 1. The summed E-state index contributed by atoms with van der Waals surface area (Å²) in [6.07, 6.45) is 3.77. The summed E-state index contributed by atoms with van der Waals surface area (Å²) in [6.45, 7) is 5.70. The Bertz CT molecular complexity index is 502. The highest BCUT2D eigenvalue weighted by molar-refractivity contribution is 9.10. The highest BCUT2D eigenvalue weighted by Crippen LogP contribution is 2.29. The van der Waals surface area contributed by atoms with E-state index in [-0.39, 0.29) is 18.2 Å². The molecule has 1 fully saturated rings. The molecular formula is C16H21BrN2O2. The van der Waals surface area contributed by atoms with Gasteiger partial charge in [-0.25, -0.2) is 4.79 Å². The Labute approximate surface area is 134 Å². The van der Waals surface area contributed by atoms with Gasteiger partial charge in [-0.05, 0) is 31.5 Å². The number of hydrogen-bond donors (Lipinski definition) is 1. The predicted octanol–water partition coefficient (Wildman–Crippen LogP) is 3.50. The highest BCUT2D eigenvalue weighted by atomic mass is 79.9. The minimum absolute atomic E-state index is 0.00512. The lowest BCUT2D eigenvalue weighted by molar-refractivity contribution is -0.0496. The van der Waals surface area contributed by atoms with Crippen molar-refractivity contribution in [3.63, 3.8) is 0 Å². The maximum absolute atomic E-state index is 12.2. The number of nitrogens with one attached hydrogen (secondary N) is 1. The van der Waals surface area contributed by atoms with E-state index in [4.69, 9.17) is 4.74 Å². The molecule has 5 heteroatoms. The van der Waals surface area contributed by atoms with Gasteiger partial charge < -0.3 is 15.0 Å². The number of hydrogen-bond acceptors (Lipinski definition) is 2. The van der Waals surface area contributed by atoms with Crippen LogP contribution in [0.5, 0.6) is 0 Å². The summed E-state index contributed by atoms with van der Waals surface area (Å²) in [7, 11) is 0. The van der Waals surface area contributed by atoms with E-state index in [9.17, 15) is 4.79 Å². The van der Waals surface area contributed by atoms with Gasteiger partial charge in [-0.15, -0.1) is 0 Å². The van der Waals surface area contributed by atoms with Gasteiger partial charge in [-0.2, -0.15) is 0 Å². The van der Waals surface area contributed by atoms with Crippen LogP contribution >= 0.6 is 15.9 Å². The molecule has 21 heavy (non-hydrogen) atoms. The molecule has 0 saturated carbocycles. The first-order valence-corrected chi connectivity index (χ1v) is 7.95. The van der Waals surface area contributed by atoms with E-state index in [2.05, 4.69) is 21.2 Å². The first-order valence-electron chi connectivity index (χ1n) is 7.16. The van der Waals surface area contributed by atoms with Crippen LogP contribution in [0.15, 0.2) is 40.9 Å². The van der Waals surface area contributed by atoms with Crippen LogP contribution in [0.4, 0.5) is 4.79 Å². The minimum Gasteiger partial charge on any atom is -0.370 e. The fourth-order valence-electron chi connectivity index (χ4n) is 2.46. The summed E-state index contributed by atoms with van der Waals surface area (Å²) in [5.74, 6) is 0. The number of morpholine rings is 1. The second-order valence-electron chi connectivity index (χ2n) is 5.03. The fraction of sp³-hybridized carbons (Fsp3) is 0.438. The number of halogens is 1. The topological polar surface area (TPSA) is 41.6 Å². The van der Waals surface area contributed by atoms with Crippen LogP contribution in [0.2, 0.25) is 0 Å². The minimum atomic E-state index is -0.0840. The van der Waals surface area contributed by atoms with Gasteiger partial charge in [0, 0.05) is 17.6 Å². The van der Waals surface area contributed by atoms with Gasteiger partial charge in [0.15, 0.2) is 0 Å². The zero-order valence-corrected chi connectivity index (χ0v) is 14.0. The molecule has 0 spiro atoms. The summed E-state index contributed by atoms with van der Waals surface area (Å²) >= 11 is 3.43. The van der Waals surface area contributed by atoms with Crippen molar-refractivity contribution in [3.05, 3.63) is 46.5 Å². The molecule has 0 aromatic heterocycles. The van der Waals surface area contributed by atoms with E-state index < -0.39 is 0 Å². The van der Waals surface area contributed by atoms with Crippen molar-refractivity contribution in [2.75, 3.05) is 19.7 Å². The molecule has 0 bridgehead atoms. The van der Waals surface area contributed by atoms with Gasteiger partial charge in [0.2, 0.25) is 0 Å². The first-order chi connectivity index (χ1) is 10.1. The van der Waals surface area contributed by atoms with E-state index in [1.54, 1.807) is 0 Å². The molecule has 1 aliphatic heterocycles. The predicted molar refractivity (Wildman–Crippen MR) is 87.2 cm³/mol. The van der Waals surface area contributed by atoms with Crippen molar-refractivity contribution >= 4 is 22.0 Å². The Morgan fingerprint density at radius 3 is 2.86 bits per heavy atom. The van der Waals surface area contributed by atoms with Crippen LogP contribution in [0.3, 0.4) is 0 Å². The Balaban J connectivity index is 2.05. The van der Waals surface area contributed by atoms with Crippen molar-refractivity contribution in [2.45, 2.75) is 26.0 Å². The molecule has 0 aliphatic carbocycles. The van der Waals surface area contributed by atoms with Crippen LogP contribution in [-0.4, -0.2) is 36.7 Å². The fourth-order valence-corrected chi connectivity index (χ4v) is 2.73. The van der Waals surface area contributed by atoms with E-state index in [0.717, 1.165) is 10.0 Å². The number of carbonyl (C=O) groups excluding carboxylic acids is 1. The highest BCUT2D eigenvalue weighted by Gasteiger charge is 2.32. The average molecular weight is 353 g/mol. The van der Waals surface area contributed by atoms with Crippen LogP contribution in [-0.2, 0) is 4.74 Å². The van der Waals surface area contributed by atoms with E-state index >= 15 is 0 Å². The molecule has 1 N–H and O–H groups in total. The Morgan fingerprint density at radius 1 is 1.48 bits per heavy atom. The lowest BCUT2D eigenvalue weighted by Crippen LogP contribution is -2.52. The van der Waals surface area contributed by atoms with Crippen LogP contribution < -0.4 is 5.32 Å². The number of amides is 2. The Hall–Kier alpha value is -1.33. The van der Waals surface area contributed by atoms with Gasteiger partial charge in [0.05, 0.1) is 12.6 Å². The maximum Gasteiger partial charge on any atom is 0.318 e. The maximum atomic E-state index is 12.2. The first kappa shape index (κ1) is 16.0. The molecule has 114 valence electrons. The number of benzene rings is 1. The standard InChI is InChI=1S/C16H21BrN2O2/c1-3-4-9-18-16(20)19-10-11-21-15(12(19)2)13-5-7-14(17)8-6-13/h3-8,12,15H,9-11H2,1-2H3,(H,18,20)/b4-3+/t12-,15+/m1/s1. The van der Waals surface area contributed by atoms with Gasteiger partial charge in [0.1, 0.15) is 6.10 Å². The monoisotopic (exact) mass is 352 g/mol. The zero-order valence-electron chi connectivity index (χ0n) is 12.4. The summed E-state index contributed by atoms with van der Waals surface area (Å²) in [5, 5.41) is 2.90. The van der Waals surface area contributed by atoms with Crippen LogP contribution in [0.1, 0.15) is 25.5 Å². The molecule has 1 aromatic carbocycles. The van der Waals surface area contributed by atoms with Gasteiger partial charge in [0.25, 0.3) is 0 Å². The van der Waals surface area contributed by atoms with E-state index in [0.29, 0.717) is 19.7 Å². The number of urea groups is 1. The second-order valence-corrected chi connectivity index (χ2v) is 5.95. The average Bonchev–Trinajstić information content (AvgIpc) is 2.49. The molecule has 2 amide bonds. The molecule has 1 saturated heterocycles. The van der Waals surface area contributed by atoms with Gasteiger partial charge in [-0.1, -0.05) is 40.2 Å². The largest absolute Gasteiger partial charge is 0.370 e. The third-order valence-electron chi connectivity index (χ3n) is 3.63. The summed E-state index contributed by atoms with van der Waals surface area (Å²) in [6, 6.07) is 8.03. The normalized spacial score (nSPS) is 22.5. The zero-order chi connectivity index (χ0) is 15.2. The van der Waals surface area contributed by atoms with Crippen molar-refractivity contribution < 1.29 is 9.53 Å². The van der Waals surface area contributed by atoms with Crippen molar-refractivity contribution in [1.29, 1.82) is 0 Å². The van der Waals surface area contributed by atoms with Crippen molar-refractivity contribution in [3.8, 4) is 0 Å². The van der Waals surface area contributed by atoms with Gasteiger partial charge in [-0.3, -0.25) is 0 Å². The summed E-state index contributed by atoms with van der Waals surface area (Å²) in [4.78, 5) is 14.1. The van der Waals surface area contributed by atoms with Crippen molar-refractivity contribution in [2.24, 2.45) is 0 Å². The number of nitrogens with zero attached hydrogens (tertiary/aromatic N) is 1. The molecule has 1 aliphatic rings. The Kier molecular flexibility index (Phi) is 5.82. The number of ether oxygens (including phenoxy) is 1. The number of rotatable bonds is 3. The molecule has 1 aromatic rings. The molecule has 2 atom stereocenters. The van der Waals surface area contributed by atoms with Gasteiger partial charge >= 0.3 is 6.03 Å². The lowest BCUT2D eigenvalue weighted by atomic mass is 10.0. The molecule has 0 unspecified atom stereocenters. The SMILES string of the molecule is C/C=C/CNC(=O)N1CCO[C@H](c2ccc(Br)cc2)[C@H]1C. The quantitative estimate of drug-likeness (QED) is 0.845.